The van der Waals surface area contributed by atoms with Crippen molar-refractivity contribution in [3.8, 4) is 5.75 Å². The van der Waals surface area contributed by atoms with Gasteiger partial charge in [0.2, 0.25) is 5.91 Å². The van der Waals surface area contributed by atoms with E-state index in [2.05, 4.69) is 29.3 Å². The Morgan fingerprint density at radius 1 is 1.14 bits per heavy atom. The highest BCUT2D eigenvalue weighted by Gasteiger charge is 2.32. The number of benzene rings is 2. The Morgan fingerprint density at radius 3 is 2.52 bits per heavy atom. The molecular weight excluding hydrogens is 386 g/mol. The van der Waals surface area contributed by atoms with Crippen molar-refractivity contribution in [3.63, 3.8) is 0 Å². The predicted molar refractivity (Wildman–Crippen MR) is 120 cm³/mol. The van der Waals surface area contributed by atoms with Crippen LogP contribution in [0.4, 0.5) is 0 Å². The fourth-order valence-electron chi connectivity index (χ4n) is 3.99. The smallest absolute Gasteiger partial charge is 0.234 e. The van der Waals surface area contributed by atoms with E-state index in [4.69, 9.17) is 10.5 Å². The van der Waals surface area contributed by atoms with Crippen LogP contribution in [0.15, 0.2) is 54.6 Å². The molecule has 0 aromatic heterocycles. The Kier molecular flexibility index (Phi) is 8.96. The second-order valence-corrected chi connectivity index (χ2v) is 7.37. The van der Waals surface area contributed by atoms with Crippen LogP contribution in [0.1, 0.15) is 43.4 Å². The van der Waals surface area contributed by atoms with E-state index in [1.165, 1.54) is 5.56 Å². The van der Waals surface area contributed by atoms with Gasteiger partial charge in [0.15, 0.2) is 0 Å². The number of para-hydroxylation sites is 1. The maximum atomic E-state index is 12.7. The second kappa shape index (κ2) is 11.2. The van der Waals surface area contributed by atoms with Gasteiger partial charge >= 0.3 is 0 Å². The van der Waals surface area contributed by atoms with E-state index in [1.54, 1.807) is 0 Å². The highest BCUT2D eigenvalue weighted by molar-refractivity contribution is 5.85. The van der Waals surface area contributed by atoms with E-state index in [-0.39, 0.29) is 36.3 Å². The molecule has 3 atom stereocenters. The van der Waals surface area contributed by atoms with Gasteiger partial charge in [-0.2, -0.15) is 0 Å². The quantitative estimate of drug-likeness (QED) is 0.689. The predicted octanol–water partition coefficient (Wildman–Crippen LogP) is 3.50. The lowest BCUT2D eigenvalue weighted by molar-refractivity contribution is -0.122. The summed E-state index contributed by atoms with van der Waals surface area (Å²) >= 11 is 0. The number of nitrogens with two attached hydrogens (primary N) is 1. The minimum Gasteiger partial charge on any atom is -0.494 e. The summed E-state index contributed by atoms with van der Waals surface area (Å²) in [5.41, 5.74) is 8.63. The number of hydrogen-bond donors (Lipinski definition) is 2. The monoisotopic (exact) mass is 417 g/mol. The molecule has 1 amide bonds. The summed E-state index contributed by atoms with van der Waals surface area (Å²) in [5, 5.41) is 3.18. The van der Waals surface area contributed by atoms with Crippen LogP contribution in [0.2, 0.25) is 0 Å². The van der Waals surface area contributed by atoms with Crippen LogP contribution in [0.5, 0.6) is 5.75 Å². The molecule has 0 radical (unpaired) electrons. The molecule has 1 fully saturated rings. The number of carbonyl (C=O) groups excluding carboxylic acids is 1. The third-order valence-electron chi connectivity index (χ3n) is 5.37. The molecule has 6 heteroatoms. The number of likely N-dealkylation sites (tertiary alicyclic amines) is 1. The molecule has 2 aromatic carbocycles. The normalized spacial score (nSPS) is 20.0. The first-order valence-electron chi connectivity index (χ1n) is 10.2. The average molecular weight is 418 g/mol. The highest BCUT2D eigenvalue weighted by Crippen LogP contribution is 2.28. The zero-order chi connectivity index (χ0) is 19.9. The summed E-state index contributed by atoms with van der Waals surface area (Å²) in [6, 6.07) is 18.2. The van der Waals surface area contributed by atoms with Crippen molar-refractivity contribution in [3.05, 3.63) is 65.7 Å². The van der Waals surface area contributed by atoms with Crippen LogP contribution in [-0.2, 0) is 4.79 Å². The maximum Gasteiger partial charge on any atom is 0.234 e. The topological polar surface area (TPSA) is 67.6 Å². The molecule has 3 N–H and O–H groups in total. The Hall–Kier alpha value is -2.08. The molecule has 0 saturated carbocycles. The highest BCUT2D eigenvalue weighted by atomic mass is 35.5. The van der Waals surface area contributed by atoms with Crippen molar-refractivity contribution in [1.29, 1.82) is 0 Å². The number of ether oxygens (including phenoxy) is 1. The zero-order valence-electron chi connectivity index (χ0n) is 17.2. The van der Waals surface area contributed by atoms with Gasteiger partial charge in [0, 0.05) is 30.6 Å². The molecule has 0 bridgehead atoms. The van der Waals surface area contributed by atoms with Crippen molar-refractivity contribution in [2.24, 2.45) is 5.73 Å². The largest absolute Gasteiger partial charge is 0.494 e. The molecule has 2 aromatic rings. The van der Waals surface area contributed by atoms with Gasteiger partial charge in [-0.3, -0.25) is 9.69 Å². The summed E-state index contributed by atoms with van der Waals surface area (Å²) in [5.74, 6) is 1.14. The molecule has 1 saturated heterocycles. The second-order valence-electron chi connectivity index (χ2n) is 7.37. The lowest BCUT2D eigenvalue weighted by atomic mass is 9.95. The third kappa shape index (κ3) is 5.95. The fourth-order valence-corrected chi connectivity index (χ4v) is 3.99. The van der Waals surface area contributed by atoms with Crippen LogP contribution in [-0.4, -0.2) is 43.1 Å². The number of carbonyl (C=O) groups is 1. The van der Waals surface area contributed by atoms with E-state index < -0.39 is 0 Å². The molecule has 1 unspecified atom stereocenters. The minimum atomic E-state index is -0.0588. The molecular formula is C23H32ClN3O2. The summed E-state index contributed by atoms with van der Waals surface area (Å²) in [4.78, 5) is 14.9. The number of nitrogens with zero attached hydrogens (tertiary/aromatic N) is 1. The molecule has 0 aliphatic carbocycles. The van der Waals surface area contributed by atoms with Gasteiger partial charge in [0.25, 0.3) is 0 Å². The van der Waals surface area contributed by atoms with Crippen LogP contribution < -0.4 is 15.8 Å². The summed E-state index contributed by atoms with van der Waals surface area (Å²) < 4.78 is 5.73. The third-order valence-corrected chi connectivity index (χ3v) is 5.37. The molecule has 0 spiro atoms. The van der Waals surface area contributed by atoms with E-state index in [9.17, 15) is 4.79 Å². The number of amides is 1. The number of rotatable bonds is 8. The number of halogens is 1. The van der Waals surface area contributed by atoms with Crippen molar-refractivity contribution < 1.29 is 9.53 Å². The minimum absolute atomic E-state index is 0. The number of nitrogens with one attached hydrogen (secondary N) is 1. The fraction of sp³-hybridized carbons (Fsp3) is 0.435. The van der Waals surface area contributed by atoms with Gasteiger partial charge in [-0.25, -0.2) is 0 Å². The standard InChI is InChI=1S/C23H31N3O2.ClH/c1-3-21(18-12-8-9-13-22(18)28-4-2)25-23(27)16-26-14-19(20(24)15-26)17-10-6-5-7-11-17;/h5-13,19-21H,3-4,14-16,24H2,1-2H3,(H,25,27);1H/t19-,20+,21?;/m0./s1. The van der Waals surface area contributed by atoms with Crippen molar-refractivity contribution in [2.75, 3.05) is 26.2 Å². The Labute approximate surface area is 180 Å². The molecule has 5 nitrogen and oxygen atoms in total. The lowest BCUT2D eigenvalue weighted by Crippen LogP contribution is -2.38. The first-order chi connectivity index (χ1) is 13.6. The summed E-state index contributed by atoms with van der Waals surface area (Å²) in [6.07, 6.45) is 0.808. The lowest BCUT2D eigenvalue weighted by Gasteiger charge is -2.22. The van der Waals surface area contributed by atoms with Crippen LogP contribution in [0, 0.1) is 0 Å². The van der Waals surface area contributed by atoms with Gasteiger partial charge in [-0.05, 0) is 25.0 Å². The first kappa shape index (κ1) is 23.2. The van der Waals surface area contributed by atoms with Crippen LogP contribution >= 0.6 is 12.4 Å². The molecule has 3 rings (SSSR count). The zero-order valence-corrected chi connectivity index (χ0v) is 18.0. The van der Waals surface area contributed by atoms with Crippen LogP contribution in [0.3, 0.4) is 0 Å². The van der Waals surface area contributed by atoms with Gasteiger partial charge in [0.1, 0.15) is 5.75 Å². The van der Waals surface area contributed by atoms with E-state index >= 15 is 0 Å². The van der Waals surface area contributed by atoms with Crippen molar-refractivity contribution in [2.45, 2.75) is 38.3 Å². The van der Waals surface area contributed by atoms with Crippen LogP contribution in [0.25, 0.3) is 0 Å². The van der Waals surface area contributed by atoms with E-state index in [1.807, 2.05) is 49.4 Å². The molecule has 158 valence electrons. The van der Waals surface area contributed by atoms with Gasteiger partial charge in [-0.1, -0.05) is 55.5 Å². The Morgan fingerprint density at radius 2 is 1.83 bits per heavy atom. The SMILES string of the molecule is CCOc1ccccc1C(CC)NC(=O)CN1C[C@@H](N)[C@H](c2ccccc2)C1.Cl. The Balaban J connectivity index is 0.00000300. The van der Waals surface area contributed by atoms with E-state index in [0.717, 1.165) is 30.8 Å². The molecule has 1 aliphatic heterocycles. The van der Waals surface area contributed by atoms with Gasteiger partial charge < -0.3 is 15.8 Å². The van der Waals surface area contributed by atoms with Crippen molar-refractivity contribution in [1.82, 2.24) is 10.2 Å². The summed E-state index contributed by atoms with van der Waals surface area (Å²) in [7, 11) is 0. The summed E-state index contributed by atoms with van der Waals surface area (Å²) in [6.45, 7) is 6.56. The maximum absolute atomic E-state index is 12.7. The Bertz CT molecular complexity index is 772. The average Bonchev–Trinajstić information content (AvgIpc) is 3.07. The molecule has 1 heterocycles. The van der Waals surface area contributed by atoms with E-state index in [0.29, 0.717) is 13.2 Å². The first-order valence-corrected chi connectivity index (χ1v) is 10.2. The van der Waals surface area contributed by atoms with Crippen molar-refractivity contribution >= 4 is 18.3 Å². The van der Waals surface area contributed by atoms with Gasteiger partial charge in [-0.15, -0.1) is 12.4 Å². The molecule has 1 aliphatic rings. The van der Waals surface area contributed by atoms with Gasteiger partial charge in [0.05, 0.1) is 19.2 Å². The molecule has 29 heavy (non-hydrogen) atoms. The number of hydrogen-bond acceptors (Lipinski definition) is 4.